The Kier molecular flexibility index (Phi) is 4.66. The van der Waals surface area contributed by atoms with Crippen LogP contribution in [0.15, 0.2) is 46.5 Å². The molecule has 1 heterocycles. The number of halogens is 1. The number of carbonyl (C=O) groups excluding carboxylic acids is 2. The summed E-state index contributed by atoms with van der Waals surface area (Å²) in [6.07, 6.45) is 8.72. The first-order chi connectivity index (χ1) is 11.1. The molecule has 1 atom stereocenters. The molecule has 0 fully saturated rings. The van der Waals surface area contributed by atoms with Crippen molar-refractivity contribution >= 4 is 33.4 Å². The molecule has 23 heavy (non-hydrogen) atoms. The average molecular weight is 375 g/mol. The van der Waals surface area contributed by atoms with Crippen molar-refractivity contribution in [2.24, 2.45) is 0 Å². The van der Waals surface area contributed by atoms with Crippen molar-refractivity contribution in [3.63, 3.8) is 0 Å². The second kappa shape index (κ2) is 6.71. The van der Waals surface area contributed by atoms with Crippen LogP contribution in [0.5, 0.6) is 0 Å². The van der Waals surface area contributed by atoms with E-state index in [0.29, 0.717) is 6.42 Å². The maximum atomic E-state index is 12.5. The van der Waals surface area contributed by atoms with E-state index in [4.69, 9.17) is 0 Å². The van der Waals surface area contributed by atoms with Crippen LogP contribution in [0.3, 0.4) is 0 Å². The predicted molar refractivity (Wildman–Crippen MR) is 94.0 cm³/mol. The third kappa shape index (κ3) is 3.24. The second-order valence-electron chi connectivity index (χ2n) is 5.74. The van der Waals surface area contributed by atoms with Gasteiger partial charge in [0.1, 0.15) is 6.54 Å². The molecule has 1 aliphatic heterocycles. The van der Waals surface area contributed by atoms with E-state index in [1.54, 1.807) is 4.90 Å². The predicted octanol–water partition coefficient (Wildman–Crippen LogP) is 3.96. The van der Waals surface area contributed by atoms with Gasteiger partial charge >= 0.3 is 0 Å². The number of hydrogen-bond acceptors (Lipinski definition) is 2. The molecular formula is C18H19BrN2O2. The molecule has 4 nitrogen and oxygen atoms in total. The van der Waals surface area contributed by atoms with Crippen LogP contribution in [-0.2, 0) is 9.59 Å². The monoisotopic (exact) mass is 374 g/mol. The molecule has 0 aromatic heterocycles. The lowest BCUT2D eigenvalue weighted by Crippen LogP contribution is -2.38. The van der Waals surface area contributed by atoms with Gasteiger partial charge in [-0.25, -0.2) is 0 Å². The van der Waals surface area contributed by atoms with E-state index in [1.807, 2.05) is 25.1 Å². The van der Waals surface area contributed by atoms with E-state index in [9.17, 15) is 9.59 Å². The Morgan fingerprint density at radius 2 is 2.22 bits per heavy atom. The van der Waals surface area contributed by atoms with E-state index in [2.05, 4.69) is 39.5 Å². The summed E-state index contributed by atoms with van der Waals surface area (Å²) < 4.78 is 0.932. The largest absolute Gasteiger partial charge is 0.324 e. The van der Waals surface area contributed by atoms with Crippen LogP contribution in [0.25, 0.3) is 0 Å². The Hall–Kier alpha value is -1.88. The molecule has 5 heteroatoms. The topological polar surface area (TPSA) is 49.4 Å². The summed E-state index contributed by atoms with van der Waals surface area (Å²) in [7, 11) is 0. The Morgan fingerprint density at radius 3 is 2.91 bits per heavy atom. The summed E-state index contributed by atoms with van der Waals surface area (Å²) in [6, 6.07) is 5.55. The SMILES string of the molecule is CCC(=O)N1CC(=O)Nc2ccc(Br)cc2C1C1=CCCC=C1. The third-order valence-electron chi connectivity index (χ3n) is 4.17. The number of rotatable bonds is 2. The summed E-state index contributed by atoms with van der Waals surface area (Å²) in [5, 5.41) is 2.92. The van der Waals surface area contributed by atoms with Crippen molar-refractivity contribution in [2.45, 2.75) is 32.2 Å². The second-order valence-corrected chi connectivity index (χ2v) is 6.66. The van der Waals surface area contributed by atoms with Gasteiger partial charge in [0.15, 0.2) is 0 Å². The maximum Gasteiger partial charge on any atom is 0.244 e. The fraction of sp³-hybridized carbons (Fsp3) is 0.333. The van der Waals surface area contributed by atoms with Gasteiger partial charge in [-0.05, 0) is 36.6 Å². The molecule has 1 aliphatic carbocycles. The van der Waals surface area contributed by atoms with E-state index >= 15 is 0 Å². The molecule has 120 valence electrons. The zero-order valence-corrected chi connectivity index (χ0v) is 14.6. The fourth-order valence-corrected chi connectivity index (χ4v) is 3.49. The minimum atomic E-state index is -0.231. The van der Waals surface area contributed by atoms with Gasteiger partial charge in [0.05, 0.1) is 6.04 Å². The van der Waals surface area contributed by atoms with Gasteiger partial charge in [0.25, 0.3) is 0 Å². The number of carbonyl (C=O) groups is 2. The van der Waals surface area contributed by atoms with E-state index < -0.39 is 0 Å². The van der Waals surface area contributed by atoms with Crippen LogP contribution < -0.4 is 5.32 Å². The van der Waals surface area contributed by atoms with Crippen LogP contribution in [0.4, 0.5) is 5.69 Å². The molecule has 1 unspecified atom stereocenters. The van der Waals surface area contributed by atoms with Crippen molar-refractivity contribution in [1.82, 2.24) is 4.90 Å². The lowest BCUT2D eigenvalue weighted by atomic mass is 9.92. The van der Waals surface area contributed by atoms with Gasteiger partial charge in [0.2, 0.25) is 11.8 Å². The Labute approximate surface area is 144 Å². The highest BCUT2D eigenvalue weighted by Gasteiger charge is 2.33. The van der Waals surface area contributed by atoms with Gasteiger partial charge in [0, 0.05) is 22.1 Å². The van der Waals surface area contributed by atoms with Crippen molar-refractivity contribution in [3.8, 4) is 0 Å². The number of nitrogens with one attached hydrogen (secondary N) is 1. The molecule has 1 aromatic rings. The van der Waals surface area contributed by atoms with Gasteiger partial charge in [-0.2, -0.15) is 0 Å². The standard InChI is InChI=1S/C18H19BrN2O2/c1-2-17(23)21-11-16(22)20-15-9-8-13(19)10-14(15)18(21)12-6-4-3-5-7-12/h4,6-10,18H,2-3,5,11H2,1H3,(H,20,22). The molecular weight excluding hydrogens is 356 g/mol. The zero-order valence-electron chi connectivity index (χ0n) is 13.0. The normalized spacial score (nSPS) is 20.4. The number of fused-ring (bicyclic) bond motifs is 1. The molecule has 1 aromatic carbocycles. The average Bonchev–Trinajstić information content (AvgIpc) is 2.70. The van der Waals surface area contributed by atoms with Gasteiger partial charge < -0.3 is 10.2 Å². The van der Waals surface area contributed by atoms with Crippen LogP contribution >= 0.6 is 15.9 Å². The first-order valence-electron chi connectivity index (χ1n) is 7.85. The quantitative estimate of drug-likeness (QED) is 0.851. The number of benzene rings is 1. The first kappa shape index (κ1) is 16.0. The minimum Gasteiger partial charge on any atom is -0.324 e. The van der Waals surface area contributed by atoms with Crippen molar-refractivity contribution in [1.29, 1.82) is 0 Å². The summed E-state index contributed by atoms with van der Waals surface area (Å²) >= 11 is 3.50. The third-order valence-corrected chi connectivity index (χ3v) is 4.66. The molecule has 0 spiro atoms. The maximum absolute atomic E-state index is 12.5. The molecule has 1 N–H and O–H groups in total. The van der Waals surface area contributed by atoms with Gasteiger partial charge in [-0.1, -0.05) is 41.1 Å². The molecule has 0 radical (unpaired) electrons. The van der Waals surface area contributed by atoms with Gasteiger partial charge in [-0.3, -0.25) is 9.59 Å². The summed E-state index contributed by atoms with van der Waals surface area (Å²) in [4.78, 5) is 26.4. The first-order valence-corrected chi connectivity index (χ1v) is 8.65. The van der Waals surface area contributed by atoms with E-state index in [0.717, 1.165) is 34.1 Å². The van der Waals surface area contributed by atoms with Crippen LogP contribution in [0, 0.1) is 0 Å². The lowest BCUT2D eigenvalue weighted by Gasteiger charge is -2.32. The van der Waals surface area contributed by atoms with Crippen LogP contribution in [0.1, 0.15) is 37.8 Å². The highest BCUT2D eigenvalue weighted by Crippen LogP contribution is 2.39. The zero-order chi connectivity index (χ0) is 16.4. The highest BCUT2D eigenvalue weighted by molar-refractivity contribution is 9.10. The Balaban J connectivity index is 2.16. The molecule has 0 saturated heterocycles. The summed E-state index contributed by atoms with van der Waals surface area (Å²) in [6.45, 7) is 1.91. The smallest absolute Gasteiger partial charge is 0.244 e. The summed E-state index contributed by atoms with van der Waals surface area (Å²) in [5.74, 6) is -0.170. The van der Waals surface area contributed by atoms with Crippen LogP contribution in [0.2, 0.25) is 0 Å². The number of hydrogen-bond donors (Lipinski definition) is 1. The highest BCUT2D eigenvalue weighted by atomic mass is 79.9. The van der Waals surface area contributed by atoms with Crippen molar-refractivity contribution in [3.05, 3.63) is 52.0 Å². The lowest BCUT2D eigenvalue weighted by molar-refractivity contribution is -0.135. The van der Waals surface area contributed by atoms with Crippen LogP contribution in [-0.4, -0.2) is 23.3 Å². The van der Waals surface area contributed by atoms with Crippen molar-refractivity contribution in [2.75, 3.05) is 11.9 Å². The number of allylic oxidation sites excluding steroid dienone is 2. The van der Waals surface area contributed by atoms with Gasteiger partial charge in [-0.15, -0.1) is 0 Å². The molecule has 0 bridgehead atoms. The number of amides is 2. The van der Waals surface area contributed by atoms with Crippen molar-refractivity contribution < 1.29 is 9.59 Å². The molecule has 2 aliphatic rings. The number of nitrogens with zero attached hydrogens (tertiary/aromatic N) is 1. The Bertz CT molecular complexity index is 709. The number of anilines is 1. The molecule has 0 saturated carbocycles. The Morgan fingerprint density at radius 1 is 1.39 bits per heavy atom. The molecule has 3 rings (SSSR count). The fourth-order valence-electron chi connectivity index (χ4n) is 3.11. The summed E-state index contributed by atoms with van der Waals surface area (Å²) in [5.41, 5.74) is 2.80. The minimum absolute atomic E-state index is 0.0159. The van der Waals surface area contributed by atoms with E-state index in [-0.39, 0.29) is 24.4 Å². The van der Waals surface area contributed by atoms with E-state index in [1.165, 1.54) is 0 Å². The molecule has 2 amide bonds.